The number of unbranched alkanes of at least 4 members (excludes halogenated alkanes) is 33. The lowest BCUT2D eigenvalue weighted by molar-refractivity contribution is -0.167. The van der Waals surface area contributed by atoms with Crippen molar-refractivity contribution >= 4 is 17.9 Å². The van der Waals surface area contributed by atoms with Gasteiger partial charge in [0, 0.05) is 19.3 Å². The van der Waals surface area contributed by atoms with Crippen LogP contribution in [0.5, 0.6) is 0 Å². The molecule has 6 nitrogen and oxygen atoms in total. The van der Waals surface area contributed by atoms with Crippen LogP contribution in [0.15, 0.2) is 85.1 Å². The molecule has 1 unspecified atom stereocenters. The van der Waals surface area contributed by atoms with Crippen molar-refractivity contribution < 1.29 is 28.6 Å². The quantitative estimate of drug-likeness (QED) is 0.0261. The minimum atomic E-state index is -0.785. The summed E-state index contributed by atoms with van der Waals surface area (Å²) in [6, 6.07) is 0. The van der Waals surface area contributed by atoms with Gasteiger partial charge in [0.2, 0.25) is 0 Å². The van der Waals surface area contributed by atoms with Gasteiger partial charge in [0.25, 0.3) is 0 Å². The van der Waals surface area contributed by atoms with Gasteiger partial charge < -0.3 is 14.2 Å². The van der Waals surface area contributed by atoms with E-state index < -0.39 is 6.10 Å². The van der Waals surface area contributed by atoms with E-state index in [4.69, 9.17) is 14.2 Å². The van der Waals surface area contributed by atoms with Gasteiger partial charge in [-0.2, -0.15) is 0 Å². The summed E-state index contributed by atoms with van der Waals surface area (Å²) in [5.74, 6) is -0.895. The molecule has 0 aliphatic heterocycles. The van der Waals surface area contributed by atoms with Gasteiger partial charge in [-0.1, -0.05) is 292 Å². The fourth-order valence-corrected chi connectivity index (χ4v) is 9.10. The van der Waals surface area contributed by atoms with Crippen molar-refractivity contribution in [3.8, 4) is 0 Å². The largest absolute Gasteiger partial charge is 0.462 e. The molecule has 0 spiro atoms. The Morgan fingerprint density at radius 2 is 0.547 bits per heavy atom. The summed E-state index contributed by atoms with van der Waals surface area (Å²) in [7, 11) is 0. The number of hydrogen-bond acceptors (Lipinski definition) is 6. The second-order valence-electron chi connectivity index (χ2n) is 21.3. The van der Waals surface area contributed by atoms with Gasteiger partial charge in [0.1, 0.15) is 13.2 Å². The van der Waals surface area contributed by atoms with Crippen molar-refractivity contribution in [1.82, 2.24) is 0 Å². The molecule has 75 heavy (non-hydrogen) atoms. The van der Waals surface area contributed by atoms with Crippen molar-refractivity contribution in [2.75, 3.05) is 13.2 Å². The number of carbonyl (C=O) groups is 3. The zero-order valence-corrected chi connectivity index (χ0v) is 49.6. The monoisotopic (exact) mass is 1040 g/mol. The van der Waals surface area contributed by atoms with Gasteiger partial charge in [-0.25, -0.2) is 0 Å². The Balaban J connectivity index is 4.27. The Morgan fingerprint density at radius 3 is 0.880 bits per heavy atom. The van der Waals surface area contributed by atoms with Crippen LogP contribution in [0.1, 0.15) is 316 Å². The molecule has 0 heterocycles. The molecular weight excluding hydrogens is 925 g/mol. The average molecular weight is 1050 g/mol. The first-order valence-corrected chi connectivity index (χ1v) is 32.1. The van der Waals surface area contributed by atoms with Crippen LogP contribution < -0.4 is 0 Å². The highest BCUT2D eigenvalue weighted by Crippen LogP contribution is 2.17. The van der Waals surface area contributed by atoms with Crippen LogP contribution in [0.3, 0.4) is 0 Å². The molecular formula is C69H120O6. The fraction of sp³-hybridized carbons (Fsp3) is 0.754. The molecule has 1 atom stereocenters. The molecule has 0 saturated heterocycles. The second-order valence-corrected chi connectivity index (χ2v) is 21.3. The predicted octanol–water partition coefficient (Wildman–Crippen LogP) is 21.9. The van der Waals surface area contributed by atoms with Crippen LogP contribution in [0.4, 0.5) is 0 Å². The SMILES string of the molecule is CC/C=C\C/C=C\C/C=C\C/C=C\C/C=C\C/C=C\CCCCCCCCC(=O)OCC(COC(=O)CCCCCCC/C=C\CCC)OC(=O)CCCCCCCCCCCCCCCCCCCCCCCC. The summed E-state index contributed by atoms with van der Waals surface area (Å²) in [5, 5.41) is 0. The maximum Gasteiger partial charge on any atom is 0.306 e. The minimum Gasteiger partial charge on any atom is -0.462 e. The highest BCUT2D eigenvalue weighted by Gasteiger charge is 2.19. The molecule has 0 N–H and O–H groups in total. The summed E-state index contributed by atoms with van der Waals surface area (Å²) < 4.78 is 16.9. The van der Waals surface area contributed by atoms with E-state index in [0.29, 0.717) is 19.3 Å². The Bertz CT molecular complexity index is 1430. The maximum atomic E-state index is 12.9. The van der Waals surface area contributed by atoms with Gasteiger partial charge in [-0.05, 0) is 89.9 Å². The molecule has 0 rings (SSSR count). The topological polar surface area (TPSA) is 78.9 Å². The van der Waals surface area contributed by atoms with E-state index in [1.54, 1.807) is 0 Å². The van der Waals surface area contributed by atoms with Gasteiger partial charge in [-0.15, -0.1) is 0 Å². The van der Waals surface area contributed by atoms with E-state index in [1.165, 1.54) is 154 Å². The van der Waals surface area contributed by atoms with Crippen LogP contribution >= 0.6 is 0 Å². The molecule has 0 fully saturated rings. The summed E-state index contributed by atoms with van der Waals surface area (Å²) >= 11 is 0. The number of rotatable bonds is 58. The number of carbonyl (C=O) groups excluding carboxylic acids is 3. The lowest BCUT2D eigenvalue weighted by atomic mass is 10.0. The van der Waals surface area contributed by atoms with E-state index >= 15 is 0 Å². The third-order valence-corrected chi connectivity index (χ3v) is 13.9. The molecule has 0 bridgehead atoms. The van der Waals surface area contributed by atoms with Crippen LogP contribution in [0.25, 0.3) is 0 Å². The Hall–Kier alpha value is -3.41. The first-order chi connectivity index (χ1) is 37.0. The van der Waals surface area contributed by atoms with Crippen LogP contribution in [0.2, 0.25) is 0 Å². The molecule has 0 aromatic rings. The average Bonchev–Trinajstić information content (AvgIpc) is 3.41. The van der Waals surface area contributed by atoms with Crippen LogP contribution in [-0.2, 0) is 28.6 Å². The highest BCUT2D eigenvalue weighted by atomic mass is 16.6. The zero-order valence-electron chi connectivity index (χ0n) is 49.6. The van der Waals surface area contributed by atoms with E-state index in [-0.39, 0.29) is 31.1 Å². The van der Waals surface area contributed by atoms with Gasteiger partial charge in [0.15, 0.2) is 6.10 Å². The molecule has 0 radical (unpaired) electrons. The van der Waals surface area contributed by atoms with Crippen molar-refractivity contribution in [3.63, 3.8) is 0 Å². The molecule has 0 aliphatic rings. The first kappa shape index (κ1) is 71.6. The van der Waals surface area contributed by atoms with Crippen LogP contribution in [-0.4, -0.2) is 37.2 Å². The van der Waals surface area contributed by atoms with Crippen molar-refractivity contribution in [1.29, 1.82) is 0 Å². The Kier molecular flexibility index (Phi) is 60.3. The summed E-state index contributed by atoms with van der Waals surface area (Å²) in [6.45, 7) is 6.48. The Labute approximate surface area is 465 Å². The van der Waals surface area contributed by atoms with E-state index in [1.807, 2.05) is 0 Å². The van der Waals surface area contributed by atoms with Crippen LogP contribution in [0, 0.1) is 0 Å². The Morgan fingerprint density at radius 1 is 0.280 bits per heavy atom. The van der Waals surface area contributed by atoms with Crippen molar-refractivity contribution in [2.24, 2.45) is 0 Å². The number of hydrogen-bond donors (Lipinski definition) is 0. The normalized spacial score (nSPS) is 12.6. The summed E-state index contributed by atoms with van der Waals surface area (Å²) in [6.07, 6.45) is 83.1. The summed E-state index contributed by atoms with van der Waals surface area (Å²) in [4.78, 5) is 38.2. The highest BCUT2D eigenvalue weighted by molar-refractivity contribution is 5.71. The standard InChI is InChI=1S/C69H120O6/c1-4-7-10-13-16-19-22-24-26-28-30-32-34-35-36-38-39-41-43-45-47-50-53-56-59-62-68(71)74-65-66(64-73-67(70)61-58-55-52-49-21-18-15-12-9-6-3)75-69(72)63-60-57-54-51-48-46-44-42-40-37-33-31-29-27-25-23-20-17-14-11-8-5-2/h7,10,12,15-16,19,24,26,30,32,35-36,39,41,66H,4-6,8-9,11,13-14,17-18,20-23,25,27-29,31,33-34,37-38,40,42-65H2,1-3H3/b10-7-,15-12-,19-16-,26-24-,32-30-,36-35-,41-39-. The predicted molar refractivity (Wildman–Crippen MR) is 325 cm³/mol. The number of allylic oxidation sites excluding steroid dienone is 14. The van der Waals surface area contributed by atoms with Crippen molar-refractivity contribution in [3.05, 3.63) is 85.1 Å². The van der Waals surface area contributed by atoms with Crippen molar-refractivity contribution in [2.45, 2.75) is 322 Å². The number of esters is 3. The van der Waals surface area contributed by atoms with E-state index in [0.717, 1.165) is 122 Å². The van der Waals surface area contributed by atoms with E-state index in [2.05, 4.69) is 106 Å². The summed E-state index contributed by atoms with van der Waals surface area (Å²) in [5.41, 5.74) is 0. The smallest absolute Gasteiger partial charge is 0.306 e. The number of ether oxygens (including phenoxy) is 3. The molecule has 6 heteroatoms. The third kappa shape index (κ3) is 61.3. The maximum absolute atomic E-state index is 12.9. The first-order valence-electron chi connectivity index (χ1n) is 32.1. The zero-order chi connectivity index (χ0) is 54.3. The lowest BCUT2D eigenvalue weighted by Crippen LogP contribution is -2.30. The molecule has 0 aliphatic carbocycles. The minimum absolute atomic E-state index is 0.0835. The fourth-order valence-electron chi connectivity index (χ4n) is 9.10. The molecule has 0 aromatic carbocycles. The van der Waals surface area contributed by atoms with E-state index in [9.17, 15) is 14.4 Å². The molecule has 432 valence electrons. The lowest BCUT2D eigenvalue weighted by Gasteiger charge is -2.18. The second kappa shape index (κ2) is 63.1. The molecule has 0 aromatic heterocycles. The molecule has 0 amide bonds. The van der Waals surface area contributed by atoms with Gasteiger partial charge >= 0.3 is 17.9 Å². The third-order valence-electron chi connectivity index (χ3n) is 13.9. The molecule has 0 saturated carbocycles. The van der Waals surface area contributed by atoms with Gasteiger partial charge in [-0.3, -0.25) is 14.4 Å². The van der Waals surface area contributed by atoms with Gasteiger partial charge in [0.05, 0.1) is 0 Å².